The highest BCUT2D eigenvalue weighted by molar-refractivity contribution is 5.80. The van der Waals surface area contributed by atoms with Gasteiger partial charge in [0.15, 0.2) is 0 Å². The number of carbonyl (C=O) groups is 2. The topological polar surface area (TPSA) is 95.7 Å². The van der Waals surface area contributed by atoms with Gasteiger partial charge in [0.25, 0.3) is 0 Å². The van der Waals surface area contributed by atoms with E-state index < -0.39 is 6.03 Å². The molecule has 6 heteroatoms. The second-order valence-electron chi connectivity index (χ2n) is 5.36. The van der Waals surface area contributed by atoms with Crippen LogP contribution in [0.4, 0.5) is 4.79 Å². The maximum absolute atomic E-state index is 11.9. The monoisotopic (exact) mass is 255 g/mol. The predicted molar refractivity (Wildman–Crippen MR) is 65.6 cm³/mol. The summed E-state index contributed by atoms with van der Waals surface area (Å²) in [7, 11) is 0. The summed E-state index contributed by atoms with van der Waals surface area (Å²) < 4.78 is 0. The van der Waals surface area contributed by atoms with Crippen LogP contribution >= 0.6 is 0 Å². The Morgan fingerprint density at radius 3 is 2.72 bits per heavy atom. The molecule has 2 rings (SSSR count). The molecule has 1 unspecified atom stereocenters. The van der Waals surface area contributed by atoms with Crippen LogP contribution in [0.2, 0.25) is 0 Å². The summed E-state index contributed by atoms with van der Waals surface area (Å²) in [6, 6.07) is -0.449. The number of nitrogens with zero attached hydrogens (tertiary/aromatic N) is 1. The van der Waals surface area contributed by atoms with Crippen molar-refractivity contribution >= 4 is 11.9 Å². The molecule has 6 nitrogen and oxygen atoms in total. The van der Waals surface area contributed by atoms with Crippen LogP contribution in [0.5, 0.6) is 0 Å². The van der Waals surface area contributed by atoms with Crippen LogP contribution in [-0.4, -0.2) is 47.7 Å². The molecule has 3 amide bonds. The first-order valence-corrected chi connectivity index (χ1v) is 6.56. The van der Waals surface area contributed by atoms with E-state index in [1.54, 1.807) is 0 Å². The minimum atomic E-state index is -0.449. The molecule has 1 atom stereocenters. The van der Waals surface area contributed by atoms with Crippen LogP contribution in [0.15, 0.2) is 0 Å². The molecular formula is C12H21N3O3. The van der Waals surface area contributed by atoms with Crippen molar-refractivity contribution in [2.45, 2.75) is 31.8 Å². The number of amides is 3. The van der Waals surface area contributed by atoms with E-state index in [2.05, 4.69) is 5.32 Å². The van der Waals surface area contributed by atoms with Gasteiger partial charge in [-0.05, 0) is 31.6 Å². The van der Waals surface area contributed by atoms with Gasteiger partial charge < -0.3 is 21.1 Å². The fourth-order valence-electron chi connectivity index (χ4n) is 2.65. The lowest BCUT2D eigenvalue weighted by Crippen LogP contribution is -2.48. The smallest absolute Gasteiger partial charge is 0.314 e. The van der Waals surface area contributed by atoms with Crippen LogP contribution in [-0.2, 0) is 4.79 Å². The Kier molecular flexibility index (Phi) is 4.06. The van der Waals surface area contributed by atoms with Gasteiger partial charge in [-0.1, -0.05) is 0 Å². The highest BCUT2D eigenvalue weighted by Crippen LogP contribution is 2.26. The second-order valence-corrected chi connectivity index (χ2v) is 5.36. The van der Waals surface area contributed by atoms with E-state index in [-0.39, 0.29) is 17.9 Å². The Balaban J connectivity index is 1.72. The summed E-state index contributed by atoms with van der Waals surface area (Å²) in [5.41, 5.74) is 5.23. The van der Waals surface area contributed by atoms with Crippen molar-refractivity contribution in [3.63, 3.8) is 0 Å². The van der Waals surface area contributed by atoms with Crippen molar-refractivity contribution in [3.8, 4) is 0 Å². The summed E-state index contributed by atoms with van der Waals surface area (Å²) in [6.07, 6.45) is 3.00. The van der Waals surface area contributed by atoms with E-state index in [9.17, 15) is 9.59 Å². The van der Waals surface area contributed by atoms with E-state index in [0.29, 0.717) is 25.6 Å². The highest BCUT2D eigenvalue weighted by Gasteiger charge is 2.30. The first-order valence-electron chi connectivity index (χ1n) is 6.56. The van der Waals surface area contributed by atoms with Gasteiger partial charge in [0, 0.05) is 19.6 Å². The van der Waals surface area contributed by atoms with Crippen molar-refractivity contribution in [1.29, 1.82) is 0 Å². The summed E-state index contributed by atoms with van der Waals surface area (Å²) in [4.78, 5) is 24.5. The Bertz CT molecular complexity index is 329. The lowest BCUT2D eigenvalue weighted by atomic mass is 9.82. The standard InChI is InChI=1S/C12H21N3O3/c13-12(18)15-3-1-2-9(7-15)11(17)14-6-8-4-10(16)5-8/h8-10,16H,1-7H2,(H2,13,18)(H,14,17). The van der Waals surface area contributed by atoms with Crippen molar-refractivity contribution in [2.75, 3.05) is 19.6 Å². The molecule has 2 fully saturated rings. The highest BCUT2D eigenvalue weighted by atomic mass is 16.3. The minimum absolute atomic E-state index is 0.00217. The van der Waals surface area contributed by atoms with Gasteiger partial charge in [0.2, 0.25) is 5.91 Å². The molecule has 0 aromatic heterocycles. The molecule has 1 saturated heterocycles. The molecule has 1 aliphatic carbocycles. The Morgan fingerprint density at radius 1 is 1.39 bits per heavy atom. The SMILES string of the molecule is NC(=O)N1CCCC(C(=O)NCC2CC(O)C2)C1. The van der Waals surface area contributed by atoms with Gasteiger partial charge in [-0.25, -0.2) is 4.79 Å². The van der Waals surface area contributed by atoms with E-state index >= 15 is 0 Å². The van der Waals surface area contributed by atoms with Gasteiger partial charge >= 0.3 is 6.03 Å². The number of urea groups is 1. The zero-order valence-corrected chi connectivity index (χ0v) is 10.5. The molecule has 1 saturated carbocycles. The van der Waals surface area contributed by atoms with Crippen LogP contribution in [0.25, 0.3) is 0 Å². The Morgan fingerprint density at radius 2 is 2.11 bits per heavy atom. The summed E-state index contributed by atoms with van der Waals surface area (Å²) >= 11 is 0. The van der Waals surface area contributed by atoms with Crippen LogP contribution < -0.4 is 11.1 Å². The third-order valence-electron chi connectivity index (χ3n) is 3.88. The summed E-state index contributed by atoms with van der Waals surface area (Å²) in [5.74, 6) is 0.262. The number of nitrogens with one attached hydrogen (secondary N) is 1. The number of hydrogen-bond donors (Lipinski definition) is 3. The number of likely N-dealkylation sites (tertiary alicyclic amines) is 1. The molecule has 0 aromatic rings. The van der Waals surface area contributed by atoms with E-state index in [1.807, 2.05) is 0 Å². The first kappa shape index (κ1) is 13.1. The fraction of sp³-hybridized carbons (Fsp3) is 0.833. The van der Waals surface area contributed by atoms with Crippen molar-refractivity contribution in [3.05, 3.63) is 0 Å². The van der Waals surface area contributed by atoms with Gasteiger partial charge in [-0.15, -0.1) is 0 Å². The van der Waals surface area contributed by atoms with Gasteiger partial charge in [0.05, 0.1) is 12.0 Å². The van der Waals surface area contributed by atoms with Gasteiger partial charge in [0.1, 0.15) is 0 Å². The zero-order chi connectivity index (χ0) is 13.1. The molecule has 0 radical (unpaired) electrons. The number of piperidine rings is 1. The van der Waals surface area contributed by atoms with E-state index in [1.165, 1.54) is 4.90 Å². The van der Waals surface area contributed by atoms with Crippen molar-refractivity contribution in [1.82, 2.24) is 10.2 Å². The Hall–Kier alpha value is -1.30. The third kappa shape index (κ3) is 3.13. The maximum atomic E-state index is 11.9. The lowest BCUT2D eigenvalue weighted by molar-refractivity contribution is -0.126. The molecule has 1 heterocycles. The molecule has 0 aromatic carbocycles. The number of carbonyl (C=O) groups excluding carboxylic acids is 2. The van der Waals surface area contributed by atoms with E-state index in [0.717, 1.165) is 25.7 Å². The summed E-state index contributed by atoms with van der Waals surface area (Å²) in [6.45, 7) is 1.70. The Labute approximate surface area is 107 Å². The maximum Gasteiger partial charge on any atom is 0.314 e. The molecule has 1 aliphatic heterocycles. The molecule has 4 N–H and O–H groups in total. The van der Waals surface area contributed by atoms with E-state index in [4.69, 9.17) is 10.8 Å². The fourth-order valence-corrected chi connectivity index (χ4v) is 2.65. The minimum Gasteiger partial charge on any atom is -0.393 e. The number of primary amides is 1. The van der Waals surface area contributed by atoms with Crippen LogP contribution in [0.3, 0.4) is 0 Å². The molecular weight excluding hydrogens is 234 g/mol. The van der Waals surface area contributed by atoms with Gasteiger partial charge in [-0.3, -0.25) is 4.79 Å². The largest absolute Gasteiger partial charge is 0.393 e. The third-order valence-corrected chi connectivity index (χ3v) is 3.88. The first-order chi connectivity index (χ1) is 8.56. The number of nitrogens with two attached hydrogens (primary N) is 1. The number of aliphatic hydroxyl groups is 1. The average Bonchev–Trinajstić information content (AvgIpc) is 2.33. The molecule has 0 bridgehead atoms. The number of aliphatic hydroxyl groups excluding tert-OH is 1. The molecule has 18 heavy (non-hydrogen) atoms. The van der Waals surface area contributed by atoms with Crippen molar-refractivity contribution < 1.29 is 14.7 Å². The van der Waals surface area contributed by atoms with Crippen LogP contribution in [0, 0.1) is 11.8 Å². The normalized spacial score (nSPS) is 31.6. The van der Waals surface area contributed by atoms with Crippen molar-refractivity contribution in [2.24, 2.45) is 17.6 Å². The quantitative estimate of drug-likeness (QED) is 0.644. The molecule has 102 valence electrons. The lowest BCUT2D eigenvalue weighted by Gasteiger charge is -2.33. The molecule has 2 aliphatic rings. The summed E-state index contributed by atoms with van der Waals surface area (Å²) in [5, 5.41) is 12.1. The number of rotatable bonds is 3. The van der Waals surface area contributed by atoms with Crippen LogP contribution in [0.1, 0.15) is 25.7 Å². The zero-order valence-electron chi connectivity index (χ0n) is 10.5. The average molecular weight is 255 g/mol. The predicted octanol–water partition coefficient (Wildman–Crippen LogP) is -0.336. The number of hydrogen-bond acceptors (Lipinski definition) is 3. The van der Waals surface area contributed by atoms with Gasteiger partial charge in [-0.2, -0.15) is 0 Å². The second kappa shape index (κ2) is 5.56. The molecule has 0 spiro atoms.